The van der Waals surface area contributed by atoms with E-state index in [9.17, 15) is 14.4 Å². The highest BCUT2D eigenvalue weighted by molar-refractivity contribution is 6.34. The predicted molar refractivity (Wildman–Crippen MR) is 93.0 cm³/mol. The van der Waals surface area contributed by atoms with Gasteiger partial charge >= 0.3 is 6.03 Å². The first-order chi connectivity index (χ1) is 11.3. The number of halogens is 1. The molecule has 1 aromatic carbocycles. The summed E-state index contributed by atoms with van der Waals surface area (Å²) in [6.07, 6.45) is 1.33. The summed E-state index contributed by atoms with van der Waals surface area (Å²) in [7, 11) is 0. The molecule has 1 aliphatic rings. The van der Waals surface area contributed by atoms with Gasteiger partial charge < -0.3 is 21.3 Å². The van der Waals surface area contributed by atoms with Crippen LogP contribution in [0.4, 0.5) is 16.2 Å². The Kier molecular flexibility index (Phi) is 5.66. The largest absolute Gasteiger partial charge is 0.352 e. The molecule has 1 heterocycles. The van der Waals surface area contributed by atoms with Crippen LogP contribution in [0.5, 0.6) is 0 Å². The summed E-state index contributed by atoms with van der Waals surface area (Å²) in [6.45, 7) is 4.24. The van der Waals surface area contributed by atoms with E-state index in [1.165, 1.54) is 0 Å². The van der Waals surface area contributed by atoms with Crippen molar-refractivity contribution >= 4 is 40.8 Å². The summed E-state index contributed by atoms with van der Waals surface area (Å²) in [4.78, 5) is 36.8. The Morgan fingerprint density at radius 1 is 1.33 bits per heavy atom. The number of hydrogen-bond acceptors (Lipinski definition) is 3. The molecule has 1 unspecified atom stereocenters. The van der Waals surface area contributed by atoms with Crippen LogP contribution in [-0.2, 0) is 9.59 Å². The number of benzene rings is 1. The monoisotopic (exact) mass is 352 g/mol. The third kappa shape index (κ3) is 4.17. The molecule has 1 atom stereocenters. The second-order valence-electron chi connectivity index (χ2n) is 6.03. The zero-order chi connectivity index (χ0) is 17.9. The zero-order valence-electron chi connectivity index (χ0n) is 13.6. The van der Waals surface area contributed by atoms with Gasteiger partial charge in [0.25, 0.3) is 0 Å². The first-order valence-electron chi connectivity index (χ1n) is 7.76. The van der Waals surface area contributed by atoms with Crippen LogP contribution in [0.15, 0.2) is 18.2 Å². The highest BCUT2D eigenvalue weighted by Crippen LogP contribution is 2.31. The quantitative estimate of drug-likeness (QED) is 0.755. The van der Waals surface area contributed by atoms with Gasteiger partial charge in [0.2, 0.25) is 11.8 Å². The van der Waals surface area contributed by atoms with Crippen molar-refractivity contribution in [3.63, 3.8) is 0 Å². The SMILES string of the molecule is CC(C)C(NC(N)=O)C(=O)Nc1ccc(N2CCCC2=O)c(Cl)c1. The molecule has 1 aromatic rings. The normalized spacial score (nSPS) is 15.5. The number of carbonyl (C=O) groups excluding carboxylic acids is 3. The summed E-state index contributed by atoms with van der Waals surface area (Å²) in [6, 6.07) is 3.45. The average Bonchev–Trinajstić information content (AvgIpc) is 2.90. The van der Waals surface area contributed by atoms with Gasteiger partial charge in [-0.25, -0.2) is 4.79 Å². The van der Waals surface area contributed by atoms with Gasteiger partial charge in [0, 0.05) is 18.7 Å². The van der Waals surface area contributed by atoms with Gasteiger partial charge in [-0.05, 0) is 30.5 Å². The molecule has 0 spiro atoms. The summed E-state index contributed by atoms with van der Waals surface area (Å²) < 4.78 is 0. The standard InChI is InChI=1S/C16H21ClN4O3/c1-9(2)14(20-16(18)24)15(23)19-10-5-6-12(11(17)8-10)21-7-3-4-13(21)22/h5-6,8-9,14H,3-4,7H2,1-2H3,(H,19,23)(H3,18,20,24). The van der Waals surface area contributed by atoms with Crippen LogP contribution in [0.25, 0.3) is 0 Å². The Labute approximate surface area is 145 Å². The Bertz CT molecular complexity index is 663. The fourth-order valence-corrected chi connectivity index (χ4v) is 2.90. The molecule has 4 N–H and O–H groups in total. The van der Waals surface area contributed by atoms with Crippen molar-refractivity contribution in [1.29, 1.82) is 0 Å². The molecule has 24 heavy (non-hydrogen) atoms. The van der Waals surface area contributed by atoms with E-state index in [4.69, 9.17) is 17.3 Å². The second-order valence-corrected chi connectivity index (χ2v) is 6.44. The van der Waals surface area contributed by atoms with E-state index in [0.29, 0.717) is 29.4 Å². The topological polar surface area (TPSA) is 105 Å². The molecule has 0 bridgehead atoms. The molecule has 0 saturated carbocycles. The molecule has 1 aliphatic heterocycles. The summed E-state index contributed by atoms with van der Waals surface area (Å²) >= 11 is 6.25. The van der Waals surface area contributed by atoms with Gasteiger partial charge in [-0.2, -0.15) is 0 Å². The van der Waals surface area contributed by atoms with Crippen molar-refractivity contribution < 1.29 is 14.4 Å². The lowest BCUT2D eigenvalue weighted by molar-refractivity contribution is -0.119. The van der Waals surface area contributed by atoms with Gasteiger partial charge in [-0.15, -0.1) is 0 Å². The zero-order valence-corrected chi connectivity index (χ0v) is 14.4. The summed E-state index contributed by atoms with van der Waals surface area (Å²) in [5.41, 5.74) is 6.22. The fourth-order valence-electron chi connectivity index (χ4n) is 2.61. The third-order valence-electron chi connectivity index (χ3n) is 3.83. The molecular formula is C16H21ClN4O3. The van der Waals surface area contributed by atoms with Crippen LogP contribution >= 0.6 is 11.6 Å². The maximum absolute atomic E-state index is 12.3. The Morgan fingerprint density at radius 2 is 2.04 bits per heavy atom. The minimum atomic E-state index is -0.759. The van der Waals surface area contributed by atoms with Gasteiger partial charge in [0.05, 0.1) is 10.7 Å². The average molecular weight is 353 g/mol. The molecule has 1 fully saturated rings. The van der Waals surface area contributed by atoms with Crippen molar-refractivity contribution in [3.05, 3.63) is 23.2 Å². The highest BCUT2D eigenvalue weighted by Gasteiger charge is 2.25. The van der Waals surface area contributed by atoms with Crippen LogP contribution < -0.4 is 21.3 Å². The van der Waals surface area contributed by atoms with Crippen LogP contribution in [0.1, 0.15) is 26.7 Å². The van der Waals surface area contributed by atoms with Crippen LogP contribution in [-0.4, -0.2) is 30.4 Å². The van der Waals surface area contributed by atoms with Gasteiger partial charge in [-0.3, -0.25) is 9.59 Å². The number of carbonyl (C=O) groups is 3. The van der Waals surface area contributed by atoms with Gasteiger partial charge in [-0.1, -0.05) is 25.4 Å². The Balaban J connectivity index is 2.12. The number of amides is 4. The van der Waals surface area contributed by atoms with Crippen molar-refractivity contribution in [2.24, 2.45) is 11.7 Å². The van der Waals surface area contributed by atoms with Crippen molar-refractivity contribution in [1.82, 2.24) is 5.32 Å². The van der Waals surface area contributed by atoms with E-state index in [1.54, 1.807) is 36.9 Å². The molecule has 7 nitrogen and oxygen atoms in total. The van der Waals surface area contributed by atoms with Crippen molar-refractivity contribution in [3.8, 4) is 0 Å². The van der Waals surface area contributed by atoms with Gasteiger partial charge in [0.1, 0.15) is 6.04 Å². The van der Waals surface area contributed by atoms with Crippen molar-refractivity contribution in [2.45, 2.75) is 32.7 Å². The Hall–Kier alpha value is -2.28. The first kappa shape index (κ1) is 18.1. The molecule has 0 radical (unpaired) electrons. The first-order valence-corrected chi connectivity index (χ1v) is 8.14. The van der Waals surface area contributed by atoms with Crippen LogP contribution in [0.2, 0.25) is 5.02 Å². The second kappa shape index (κ2) is 7.53. The van der Waals surface area contributed by atoms with E-state index in [0.717, 1.165) is 6.42 Å². The van der Waals surface area contributed by atoms with E-state index in [2.05, 4.69) is 10.6 Å². The molecule has 1 saturated heterocycles. The maximum Gasteiger partial charge on any atom is 0.312 e. The number of rotatable bonds is 5. The minimum Gasteiger partial charge on any atom is -0.352 e. The molecule has 4 amide bonds. The minimum absolute atomic E-state index is 0.0409. The highest BCUT2D eigenvalue weighted by atomic mass is 35.5. The third-order valence-corrected chi connectivity index (χ3v) is 4.13. The molecule has 8 heteroatoms. The molecular weight excluding hydrogens is 332 g/mol. The molecule has 130 valence electrons. The predicted octanol–water partition coefficient (Wildman–Crippen LogP) is 2.10. The number of primary amides is 1. The number of urea groups is 1. The van der Waals surface area contributed by atoms with E-state index in [-0.39, 0.29) is 17.7 Å². The summed E-state index contributed by atoms with van der Waals surface area (Å²) in [5, 5.41) is 5.50. The van der Waals surface area contributed by atoms with E-state index in [1.807, 2.05) is 0 Å². The van der Waals surface area contributed by atoms with E-state index < -0.39 is 12.1 Å². The van der Waals surface area contributed by atoms with E-state index >= 15 is 0 Å². The number of nitrogens with one attached hydrogen (secondary N) is 2. The lowest BCUT2D eigenvalue weighted by atomic mass is 10.0. The molecule has 0 aromatic heterocycles. The molecule has 0 aliphatic carbocycles. The van der Waals surface area contributed by atoms with Gasteiger partial charge in [0.15, 0.2) is 0 Å². The fraction of sp³-hybridized carbons (Fsp3) is 0.438. The Morgan fingerprint density at radius 3 is 2.54 bits per heavy atom. The molecule has 2 rings (SSSR count). The summed E-state index contributed by atoms with van der Waals surface area (Å²) in [5.74, 6) is -0.474. The number of nitrogens with two attached hydrogens (primary N) is 1. The van der Waals surface area contributed by atoms with Crippen LogP contribution in [0.3, 0.4) is 0 Å². The number of anilines is 2. The number of nitrogens with zero attached hydrogens (tertiary/aromatic N) is 1. The van der Waals surface area contributed by atoms with Crippen LogP contribution in [0, 0.1) is 5.92 Å². The van der Waals surface area contributed by atoms with Crippen molar-refractivity contribution in [2.75, 3.05) is 16.8 Å². The maximum atomic E-state index is 12.3. The number of hydrogen-bond donors (Lipinski definition) is 3. The lowest BCUT2D eigenvalue weighted by Crippen LogP contribution is -2.49. The smallest absolute Gasteiger partial charge is 0.312 e. The lowest BCUT2D eigenvalue weighted by Gasteiger charge is -2.21.